The molecule has 1 aliphatic heterocycles. The van der Waals surface area contributed by atoms with Crippen LogP contribution < -0.4 is 10.6 Å². The average Bonchev–Trinajstić information content (AvgIpc) is 3.07. The molecule has 0 radical (unpaired) electrons. The van der Waals surface area contributed by atoms with Crippen molar-refractivity contribution in [3.8, 4) is 0 Å². The number of nitrogens with zero attached hydrogens (tertiary/aromatic N) is 3. The number of aliphatic imine (C=N–C) groups is 1. The molecule has 2 N–H and O–H groups in total. The molecule has 0 aliphatic carbocycles. The van der Waals surface area contributed by atoms with Gasteiger partial charge in [-0.05, 0) is 36.6 Å². The molecule has 0 amide bonds. The number of hydrogen-bond donors (Lipinski definition) is 2. The van der Waals surface area contributed by atoms with E-state index in [4.69, 9.17) is 27.9 Å². The Morgan fingerprint density at radius 1 is 1.25 bits per heavy atom. The number of nitrogens with one attached hydrogen (secondary N) is 2. The smallest absolute Gasteiger partial charge is 0.191 e. The van der Waals surface area contributed by atoms with E-state index < -0.39 is 0 Å². The molecular weight excluding hydrogens is 512 g/mol. The maximum Gasteiger partial charge on any atom is 0.191 e. The summed E-state index contributed by atoms with van der Waals surface area (Å²) in [4.78, 5) is 4.34. The predicted octanol–water partition coefficient (Wildman–Crippen LogP) is 3.76. The fourth-order valence-corrected chi connectivity index (χ4v) is 4.05. The summed E-state index contributed by atoms with van der Waals surface area (Å²) < 4.78 is 7.44. The van der Waals surface area contributed by atoms with Crippen molar-refractivity contribution in [2.24, 2.45) is 12.0 Å². The van der Waals surface area contributed by atoms with Crippen LogP contribution in [0.5, 0.6) is 0 Å². The first-order valence-electron chi connectivity index (χ1n) is 8.99. The maximum atomic E-state index is 6.54. The highest BCUT2D eigenvalue weighted by Crippen LogP contribution is 2.39. The summed E-state index contributed by atoms with van der Waals surface area (Å²) in [7, 11) is 3.69. The van der Waals surface area contributed by atoms with Gasteiger partial charge in [-0.3, -0.25) is 9.67 Å². The lowest BCUT2D eigenvalue weighted by atomic mass is 9.74. The average molecular weight is 538 g/mol. The maximum absolute atomic E-state index is 6.54. The Labute approximate surface area is 193 Å². The van der Waals surface area contributed by atoms with Crippen LogP contribution >= 0.6 is 47.2 Å². The highest BCUT2D eigenvalue weighted by Gasteiger charge is 2.36. The lowest BCUT2D eigenvalue weighted by molar-refractivity contribution is 0.0514. The van der Waals surface area contributed by atoms with E-state index in [9.17, 15) is 0 Å². The van der Waals surface area contributed by atoms with E-state index in [0.29, 0.717) is 36.3 Å². The molecule has 28 heavy (non-hydrogen) atoms. The molecule has 1 fully saturated rings. The Kier molecular flexibility index (Phi) is 8.85. The Bertz CT molecular complexity index is 805. The van der Waals surface area contributed by atoms with E-state index in [1.165, 1.54) is 0 Å². The molecule has 0 spiro atoms. The molecule has 0 bridgehead atoms. The molecule has 1 aliphatic rings. The minimum atomic E-state index is -0.121. The molecule has 0 saturated carbocycles. The van der Waals surface area contributed by atoms with Crippen molar-refractivity contribution < 1.29 is 4.74 Å². The number of guanidine groups is 1. The van der Waals surface area contributed by atoms with E-state index in [1.807, 2.05) is 36.0 Å². The van der Waals surface area contributed by atoms with E-state index >= 15 is 0 Å². The lowest BCUT2D eigenvalue weighted by Gasteiger charge is -2.39. The zero-order chi connectivity index (χ0) is 19.3. The standard InChI is InChI=1S/C19H25Cl2N5O.HI/c1-22-18(23-12-15-5-8-25-26(15)2)24-13-19(6-9-27-10-7-19)16-4-3-14(20)11-17(16)21;/h3-5,8,11H,6-7,9-10,12-13H2,1-2H3,(H2,22,23,24);1H. The largest absolute Gasteiger partial charge is 0.381 e. The highest BCUT2D eigenvalue weighted by molar-refractivity contribution is 14.0. The highest BCUT2D eigenvalue weighted by atomic mass is 127. The number of ether oxygens (including phenoxy) is 1. The van der Waals surface area contributed by atoms with Gasteiger partial charge in [0, 0.05) is 55.5 Å². The van der Waals surface area contributed by atoms with E-state index in [1.54, 1.807) is 13.2 Å². The quantitative estimate of drug-likeness (QED) is 0.346. The number of aromatic nitrogens is 2. The van der Waals surface area contributed by atoms with Crippen molar-refractivity contribution in [1.29, 1.82) is 0 Å². The minimum absolute atomic E-state index is 0. The van der Waals surface area contributed by atoms with Crippen LogP contribution in [-0.4, -0.2) is 42.5 Å². The van der Waals surface area contributed by atoms with Crippen molar-refractivity contribution >= 4 is 53.1 Å². The third-order valence-corrected chi connectivity index (χ3v) is 5.68. The van der Waals surface area contributed by atoms with Gasteiger partial charge in [0.05, 0.1) is 12.2 Å². The second-order valence-corrected chi connectivity index (χ2v) is 7.59. The lowest BCUT2D eigenvalue weighted by Crippen LogP contribution is -2.48. The van der Waals surface area contributed by atoms with Gasteiger partial charge >= 0.3 is 0 Å². The predicted molar refractivity (Wildman–Crippen MR) is 125 cm³/mol. The van der Waals surface area contributed by atoms with Gasteiger partial charge in [-0.15, -0.1) is 24.0 Å². The molecule has 3 rings (SSSR count). The van der Waals surface area contributed by atoms with Crippen LogP contribution in [0.25, 0.3) is 0 Å². The van der Waals surface area contributed by atoms with Gasteiger partial charge in [0.1, 0.15) is 0 Å². The van der Waals surface area contributed by atoms with Gasteiger partial charge in [0.25, 0.3) is 0 Å². The summed E-state index contributed by atoms with van der Waals surface area (Å²) in [5.41, 5.74) is 2.07. The topological polar surface area (TPSA) is 63.5 Å². The number of aryl methyl sites for hydroxylation is 1. The molecule has 9 heteroatoms. The molecule has 1 aromatic carbocycles. The summed E-state index contributed by atoms with van der Waals surface area (Å²) in [5.74, 6) is 0.743. The van der Waals surface area contributed by atoms with Gasteiger partial charge < -0.3 is 15.4 Å². The minimum Gasteiger partial charge on any atom is -0.381 e. The van der Waals surface area contributed by atoms with Crippen molar-refractivity contribution in [2.45, 2.75) is 24.8 Å². The van der Waals surface area contributed by atoms with E-state index in [2.05, 4.69) is 20.7 Å². The third kappa shape index (κ3) is 5.52. The number of rotatable bonds is 5. The molecule has 1 saturated heterocycles. The first-order chi connectivity index (χ1) is 13.0. The van der Waals surface area contributed by atoms with E-state index in [-0.39, 0.29) is 29.4 Å². The first kappa shape index (κ1) is 23.3. The molecule has 154 valence electrons. The van der Waals surface area contributed by atoms with Crippen LogP contribution in [0.2, 0.25) is 10.0 Å². The molecule has 6 nitrogen and oxygen atoms in total. The van der Waals surface area contributed by atoms with Crippen LogP contribution in [0.1, 0.15) is 24.1 Å². The summed E-state index contributed by atoms with van der Waals surface area (Å²) in [6.45, 7) is 2.78. The van der Waals surface area contributed by atoms with Crippen LogP contribution in [0.15, 0.2) is 35.5 Å². The van der Waals surface area contributed by atoms with Crippen LogP contribution in [0, 0.1) is 0 Å². The Balaban J connectivity index is 0.00000280. The molecule has 1 aromatic heterocycles. The van der Waals surface area contributed by atoms with Crippen LogP contribution in [0.4, 0.5) is 0 Å². The monoisotopic (exact) mass is 537 g/mol. The summed E-state index contributed by atoms with van der Waals surface area (Å²) in [6.07, 6.45) is 3.56. The zero-order valence-corrected chi connectivity index (χ0v) is 19.9. The summed E-state index contributed by atoms with van der Waals surface area (Å²) in [5, 5.41) is 12.3. The number of hydrogen-bond acceptors (Lipinski definition) is 3. The molecule has 2 aromatic rings. The van der Waals surface area contributed by atoms with Gasteiger partial charge in [-0.25, -0.2) is 0 Å². The van der Waals surface area contributed by atoms with E-state index in [0.717, 1.165) is 30.1 Å². The summed E-state index contributed by atoms with van der Waals surface area (Å²) >= 11 is 12.6. The van der Waals surface area contributed by atoms with Gasteiger partial charge in [-0.1, -0.05) is 29.3 Å². The Morgan fingerprint density at radius 3 is 2.61 bits per heavy atom. The van der Waals surface area contributed by atoms with Crippen molar-refractivity contribution in [2.75, 3.05) is 26.8 Å². The van der Waals surface area contributed by atoms with Crippen molar-refractivity contribution in [1.82, 2.24) is 20.4 Å². The normalized spacial score (nSPS) is 16.4. The van der Waals surface area contributed by atoms with Crippen molar-refractivity contribution in [3.63, 3.8) is 0 Å². The molecular formula is C19H26Cl2IN5O. The van der Waals surface area contributed by atoms with Crippen molar-refractivity contribution in [3.05, 3.63) is 51.8 Å². The fraction of sp³-hybridized carbons (Fsp3) is 0.474. The van der Waals surface area contributed by atoms with Crippen LogP contribution in [0.3, 0.4) is 0 Å². The Morgan fingerprint density at radius 2 is 2.00 bits per heavy atom. The SMILES string of the molecule is CN=C(NCc1ccnn1C)NCC1(c2ccc(Cl)cc2Cl)CCOCC1.I. The zero-order valence-electron chi connectivity index (χ0n) is 16.0. The summed E-state index contributed by atoms with van der Waals surface area (Å²) in [6, 6.07) is 7.72. The molecule has 0 atom stereocenters. The van der Waals surface area contributed by atoms with Crippen LogP contribution in [-0.2, 0) is 23.7 Å². The van der Waals surface area contributed by atoms with Gasteiger partial charge in [0.2, 0.25) is 0 Å². The Hall–Kier alpha value is -1.03. The molecule has 2 heterocycles. The first-order valence-corrected chi connectivity index (χ1v) is 9.74. The molecule has 0 unspecified atom stereocenters. The second-order valence-electron chi connectivity index (χ2n) is 6.74. The fourth-order valence-electron chi connectivity index (χ4n) is 3.45. The third-order valence-electron chi connectivity index (χ3n) is 5.13. The van der Waals surface area contributed by atoms with Gasteiger partial charge in [-0.2, -0.15) is 5.10 Å². The number of benzene rings is 1. The number of halogens is 3. The van der Waals surface area contributed by atoms with Gasteiger partial charge in [0.15, 0.2) is 5.96 Å². The second kappa shape index (κ2) is 10.7.